The number of nitrogens with zero attached hydrogens (tertiary/aromatic N) is 1. The number of halogens is 1. The summed E-state index contributed by atoms with van der Waals surface area (Å²) in [6.07, 6.45) is 6.10. The summed E-state index contributed by atoms with van der Waals surface area (Å²) in [6.45, 7) is 10.9. The number of piperidine rings is 1. The average molecular weight is 614 g/mol. The van der Waals surface area contributed by atoms with Crippen molar-refractivity contribution in [1.82, 2.24) is 15.5 Å². The van der Waals surface area contributed by atoms with E-state index in [1.165, 1.54) is 11.3 Å². The van der Waals surface area contributed by atoms with Crippen LogP contribution in [0.25, 0.3) is 0 Å². The number of Topliss-reactive ketones (excluding diaryl/α,β-unsaturated/α-hetero) is 1. The molecule has 3 amide bonds. The van der Waals surface area contributed by atoms with Crippen LogP contribution >= 0.6 is 33.9 Å². The van der Waals surface area contributed by atoms with E-state index in [9.17, 15) is 14.4 Å². The number of alkyl halides is 1. The predicted octanol–water partition coefficient (Wildman–Crippen LogP) is 5.19. The summed E-state index contributed by atoms with van der Waals surface area (Å²) in [6, 6.07) is 2.83. The zero-order valence-electron chi connectivity index (χ0n) is 21.7. The van der Waals surface area contributed by atoms with Gasteiger partial charge in [-0.2, -0.15) is 0 Å². The molecule has 194 valence electrons. The van der Waals surface area contributed by atoms with Crippen LogP contribution in [-0.2, 0) is 16.0 Å². The minimum Gasteiger partial charge on any atom is -0.332 e. The first-order valence-electron chi connectivity index (χ1n) is 12.9. The molecule has 2 saturated carbocycles. The van der Waals surface area contributed by atoms with Gasteiger partial charge in [-0.1, -0.05) is 82.5 Å². The zero-order valence-corrected chi connectivity index (χ0v) is 24.6. The Hall–Kier alpha value is -1.16. The van der Waals surface area contributed by atoms with E-state index >= 15 is 0 Å². The van der Waals surface area contributed by atoms with Gasteiger partial charge in [-0.05, 0) is 47.0 Å². The first-order chi connectivity index (χ1) is 16.4. The topological polar surface area (TPSA) is 78.5 Å². The second kappa shape index (κ2) is 9.95. The molecule has 1 aliphatic heterocycles. The fourth-order valence-electron chi connectivity index (χ4n) is 6.51. The Morgan fingerprint density at radius 2 is 1.89 bits per heavy atom. The van der Waals surface area contributed by atoms with Crippen molar-refractivity contribution in [3.05, 3.63) is 22.4 Å². The maximum atomic E-state index is 13.9. The average Bonchev–Trinajstić information content (AvgIpc) is 3.22. The minimum atomic E-state index is -0.699. The fraction of sp³-hybridized carbons (Fsp3) is 0.741. The Morgan fingerprint density at radius 1 is 1.20 bits per heavy atom. The summed E-state index contributed by atoms with van der Waals surface area (Å²) in [5.74, 6) is 0.564. The number of hydrogen-bond donors (Lipinski definition) is 2. The molecule has 1 aromatic heterocycles. The third kappa shape index (κ3) is 5.43. The number of carbonyl (C=O) groups is 3. The Morgan fingerprint density at radius 3 is 2.46 bits per heavy atom. The van der Waals surface area contributed by atoms with Crippen molar-refractivity contribution in [2.75, 3.05) is 11.0 Å². The van der Waals surface area contributed by atoms with E-state index in [4.69, 9.17) is 0 Å². The summed E-state index contributed by atoms with van der Waals surface area (Å²) < 4.78 is 0.394. The van der Waals surface area contributed by atoms with Crippen molar-refractivity contribution in [2.45, 2.75) is 90.8 Å². The number of carbonyl (C=O) groups excluding carboxylic acids is 3. The third-order valence-electron chi connectivity index (χ3n) is 8.62. The summed E-state index contributed by atoms with van der Waals surface area (Å²) in [5.41, 5.74) is -0.667. The van der Waals surface area contributed by atoms with Crippen LogP contribution in [-0.4, -0.2) is 51.2 Å². The van der Waals surface area contributed by atoms with Gasteiger partial charge in [0, 0.05) is 23.4 Å². The normalized spacial score (nSPS) is 27.6. The van der Waals surface area contributed by atoms with Crippen LogP contribution in [0.2, 0.25) is 0 Å². The van der Waals surface area contributed by atoms with Crippen LogP contribution in [0.1, 0.15) is 71.6 Å². The minimum absolute atomic E-state index is 0.0973. The molecule has 0 bridgehead atoms. The molecule has 6 nitrogen and oxygen atoms in total. The Labute approximate surface area is 227 Å². The maximum Gasteiger partial charge on any atom is 0.315 e. The maximum absolute atomic E-state index is 13.9. The number of ketones is 1. The van der Waals surface area contributed by atoms with Gasteiger partial charge < -0.3 is 15.5 Å². The van der Waals surface area contributed by atoms with Crippen LogP contribution in [0.15, 0.2) is 17.5 Å². The zero-order chi connectivity index (χ0) is 25.6. The van der Waals surface area contributed by atoms with Crippen LogP contribution in [0.4, 0.5) is 4.79 Å². The van der Waals surface area contributed by atoms with Gasteiger partial charge in [0.15, 0.2) is 5.78 Å². The number of rotatable bonds is 7. The second-order valence-corrected chi connectivity index (χ2v) is 14.3. The van der Waals surface area contributed by atoms with Gasteiger partial charge in [-0.15, -0.1) is 11.3 Å². The number of nitrogens with one attached hydrogen (secondary N) is 2. The highest BCUT2D eigenvalue weighted by molar-refractivity contribution is 14.1. The molecule has 3 fully saturated rings. The summed E-state index contributed by atoms with van der Waals surface area (Å²) in [5, 5.41) is 8.45. The number of hydrogen-bond acceptors (Lipinski definition) is 4. The highest BCUT2D eigenvalue weighted by Gasteiger charge is 2.69. The number of fused-ring (bicyclic) bond motifs is 1. The quantitative estimate of drug-likeness (QED) is 0.328. The lowest BCUT2D eigenvalue weighted by molar-refractivity contribution is -0.142. The molecule has 3 aliphatic rings. The van der Waals surface area contributed by atoms with E-state index in [0.29, 0.717) is 16.9 Å². The highest BCUT2D eigenvalue weighted by atomic mass is 127. The molecule has 2 heterocycles. The molecular weight excluding hydrogens is 573 g/mol. The van der Waals surface area contributed by atoms with Crippen molar-refractivity contribution in [3.63, 3.8) is 0 Å². The number of urea groups is 1. The molecule has 4 rings (SSSR count). The van der Waals surface area contributed by atoms with Crippen LogP contribution in [0.3, 0.4) is 0 Å². The summed E-state index contributed by atoms with van der Waals surface area (Å²) >= 11 is 3.83. The molecule has 0 radical (unpaired) electrons. The van der Waals surface area contributed by atoms with E-state index in [2.05, 4.69) is 64.6 Å². The van der Waals surface area contributed by atoms with Crippen molar-refractivity contribution in [1.29, 1.82) is 0 Å². The third-order valence-corrected chi connectivity index (χ3v) is 10.3. The fourth-order valence-corrected chi connectivity index (χ4v) is 7.81. The van der Waals surface area contributed by atoms with E-state index in [-0.39, 0.29) is 40.6 Å². The van der Waals surface area contributed by atoms with Gasteiger partial charge >= 0.3 is 6.03 Å². The molecule has 8 heteroatoms. The van der Waals surface area contributed by atoms with E-state index < -0.39 is 11.5 Å². The molecule has 35 heavy (non-hydrogen) atoms. The van der Waals surface area contributed by atoms with E-state index in [0.717, 1.165) is 32.1 Å². The van der Waals surface area contributed by atoms with Crippen molar-refractivity contribution >= 4 is 51.6 Å². The number of likely N-dealkylation sites (tertiary alicyclic amines) is 1. The lowest BCUT2D eigenvalue weighted by Crippen LogP contribution is -2.62. The van der Waals surface area contributed by atoms with E-state index in [1.807, 2.05) is 20.8 Å². The molecule has 0 spiro atoms. The van der Waals surface area contributed by atoms with Gasteiger partial charge in [0.05, 0.1) is 10.5 Å². The number of thiophene rings is 1. The van der Waals surface area contributed by atoms with Crippen LogP contribution < -0.4 is 10.6 Å². The number of amides is 3. The van der Waals surface area contributed by atoms with Crippen molar-refractivity contribution < 1.29 is 14.4 Å². The lowest BCUT2D eigenvalue weighted by Gasteiger charge is -2.40. The molecule has 4 atom stereocenters. The molecule has 2 aliphatic carbocycles. The Kier molecular flexibility index (Phi) is 7.65. The smallest absolute Gasteiger partial charge is 0.315 e. The predicted molar refractivity (Wildman–Crippen MR) is 149 cm³/mol. The van der Waals surface area contributed by atoms with Crippen molar-refractivity contribution in [2.24, 2.45) is 22.7 Å². The largest absolute Gasteiger partial charge is 0.332 e. The van der Waals surface area contributed by atoms with Gasteiger partial charge in [0.2, 0.25) is 5.91 Å². The molecular formula is C27H40IN3O3S. The monoisotopic (exact) mass is 613 g/mol. The Balaban J connectivity index is 1.50. The standard InChI is InChI=1S/C27H40IN3O3S/c1-25(2,3)22(23(33)31-16-18-20(26(18,4)5)21(31)19(32)15-28)29-24(34)30-27(11-7-6-8-12-27)14-17-10-9-13-35-17/h9-10,13,18,20-22H,6-8,11-12,14-16H2,1-5H3,(H2,29,30,34)/t18-,20-,21+,22+/m0/s1. The molecule has 1 saturated heterocycles. The van der Waals surface area contributed by atoms with Gasteiger partial charge in [-0.25, -0.2) is 4.79 Å². The summed E-state index contributed by atoms with van der Waals surface area (Å²) in [4.78, 5) is 43.3. The van der Waals surface area contributed by atoms with Gasteiger partial charge in [0.1, 0.15) is 6.04 Å². The van der Waals surface area contributed by atoms with Gasteiger partial charge in [-0.3, -0.25) is 9.59 Å². The lowest BCUT2D eigenvalue weighted by atomic mass is 9.79. The SMILES string of the molecule is CC(C)(C)[C@H](NC(=O)NC1(Cc2cccs2)CCCCC1)C(=O)N1C[C@H]2[C@@H]([C@H]1C(=O)CI)C2(C)C. The van der Waals surface area contributed by atoms with E-state index in [1.54, 1.807) is 16.2 Å². The van der Waals surface area contributed by atoms with Gasteiger partial charge in [0.25, 0.3) is 0 Å². The van der Waals surface area contributed by atoms with Crippen molar-refractivity contribution in [3.8, 4) is 0 Å². The second-order valence-electron chi connectivity index (χ2n) is 12.5. The first-order valence-corrected chi connectivity index (χ1v) is 15.3. The molecule has 2 N–H and O–H groups in total. The molecule has 1 aromatic rings. The molecule has 0 aromatic carbocycles. The highest BCUT2D eigenvalue weighted by Crippen LogP contribution is 2.65. The summed E-state index contributed by atoms with van der Waals surface area (Å²) in [7, 11) is 0. The van der Waals surface area contributed by atoms with Crippen LogP contribution in [0.5, 0.6) is 0 Å². The Bertz CT molecular complexity index is 949. The first kappa shape index (κ1) is 26.9. The molecule has 0 unspecified atom stereocenters. The van der Waals surface area contributed by atoms with Crippen LogP contribution in [0, 0.1) is 22.7 Å².